The molecule has 32 heavy (non-hydrogen) atoms. The number of hydrogen-bond acceptors (Lipinski definition) is 4. The Labute approximate surface area is 194 Å². The fourth-order valence-corrected chi connectivity index (χ4v) is 4.66. The smallest absolute Gasteiger partial charge is 0.267 e. The summed E-state index contributed by atoms with van der Waals surface area (Å²) in [7, 11) is 0. The van der Waals surface area contributed by atoms with Gasteiger partial charge in [0.15, 0.2) is 5.69 Å². The van der Waals surface area contributed by atoms with Crippen LogP contribution in [0.25, 0.3) is 10.7 Å². The highest BCUT2D eigenvalue weighted by Gasteiger charge is 2.40. The molecule has 3 aromatic rings. The van der Waals surface area contributed by atoms with E-state index in [1.807, 2.05) is 6.07 Å². The topological polar surface area (TPSA) is 59.3 Å². The quantitative estimate of drug-likeness (QED) is 0.355. The zero-order valence-corrected chi connectivity index (χ0v) is 18.4. The van der Waals surface area contributed by atoms with E-state index in [0.717, 1.165) is 16.7 Å². The Morgan fingerprint density at radius 2 is 1.94 bits per heavy atom. The summed E-state index contributed by atoms with van der Waals surface area (Å²) in [6.07, 6.45) is -2.63. The molecule has 5 nitrogen and oxygen atoms in total. The molecule has 4 rings (SSSR count). The first kappa shape index (κ1) is 22.4. The molecule has 0 saturated heterocycles. The van der Waals surface area contributed by atoms with Crippen molar-refractivity contribution in [2.24, 2.45) is 5.10 Å². The van der Waals surface area contributed by atoms with Crippen LogP contribution in [0.3, 0.4) is 0 Å². The van der Waals surface area contributed by atoms with E-state index in [-0.39, 0.29) is 5.69 Å². The number of fused-ring (bicyclic) bond motifs is 1. The molecule has 0 saturated carbocycles. The number of carbonyl (C=O) groups excluding carboxylic acids is 1. The van der Waals surface area contributed by atoms with Crippen LogP contribution in [0.2, 0.25) is 5.02 Å². The van der Waals surface area contributed by atoms with Crippen LogP contribution in [0.5, 0.6) is 0 Å². The van der Waals surface area contributed by atoms with Gasteiger partial charge in [0.25, 0.3) is 5.91 Å². The highest BCUT2D eigenvalue weighted by atomic mass is 35.5. The predicted octanol–water partition coefficient (Wildman–Crippen LogP) is 6.02. The molecular formula is C21H13Cl2F3N4OS. The maximum atomic E-state index is 13.7. The van der Waals surface area contributed by atoms with E-state index in [0.29, 0.717) is 26.1 Å². The molecular weight excluding hydrogens is 484 g/mol. The van der Waals surface area contributed by atoms with Crippen molar-refractivity contribution in [3.8, 4) is 5.69 Å². The summed E-state index contributed by atoms with van der Waals surface area (Å²) in [6, 6.07) is 13.1. The lowest BCUT2D eigenvalue weighted by atomic mass is 10.1. The van der Waals surface area contributed by atoms with Gasteiger partial charge in [-0.05, 0) is 30.3 Å². The number of nitrogens with zero attached hydrogens (tertiary/aromatic N) is 3. The van der Waals surface area contributed by atoms with E-state index in [9.17, 15) is 18.0 Å². The average molecular weight is 497 g/mol. The summed E-state index contributed by atoms with van der Waals surface area (Å²) in [6.45, 7) is 0. The van der Waals surface area contributed by atoms with Crippen molar-refractivity contribution in [2.75, 3.05) is 5.75 Å². The molecule has 0 unspecified atom stereocenters. The molecule has 1 aliphatic rings. The Morgan fingerprint density at radius 1 is 1.19 bits per heavy atom. The van der Waals surface area contributed by atoms with Crippen molar-refractivity contribution < 1.29 is 18.0 Å². The lowest BCUT2D eigenvalue weighted by molar-refractivity contribution is -0.143. The molecule has 11 heteroatoms. The van der Waals surface area contributed by atoms with Gasteiger partial charge in [-0.3, -0.25) is 4.79 Å². The van der Waals surface area contributed by atoms with Crippen LogP contribution in [0.15, 0.2) is 70.3 Å². The molecule has 1 aliphatic heterocycles. The summed E-state index contributed by atoms with van der Waals surface area (Å²) >= 11 is 13.9. The lowest BCUT2D eigenvalue weighted by Crippen LogP contribution is -2.23. The maximum Gasteiger partial charge on any atom is 0.434 e. The van der Waals surface area contributed by atoms with Crippen molar-refractivity contribution in [3.63, 3.8) is 0 Å². The first-order chi connectivity index (χ1) is 15.3. The van der Waals surface area contributed by atoms with E-state index < -0.39 is 23.3 Å². The zero-order chi connectivity index (χ0) is 22.9. The van der Waals surface area contributed by atoms with Gasteiger partial charge in [-0.2, -0.15) is 23.4 Å². The number of hydrazone groups is 1. The molecule has 2 aromatic carbocycles. The SMILES string of the molecule is O=C(N/N=C/C1=C(Cl)c2cc(Cl)ccc2SC1)c1cnn(-c2ccccc2)c1C(F)(F)F. The number of halogens is 5. The van der Waals surface area contributed by atoms with Crippen LogP contribution in [-0.4, -0.2) is 27.7 Å². The molecule has 164 valence electrons. The van der Waals surface area contributed by atoms with E-state index in [1.165, 1.54) is 30.1 Å². The number of para-hydroxylation sites is 1. The number of amides is 1. The van der Waals surface area contributed by atoms with Crippen molar-refractivity contribution in [1.82, 2.24) is 15.2 Å². The summed E-state index contributed by atoms with van der Waals surface area (Å²) in [4.78, 5) is 13.4. The molecule has 0 aliphatic carbocycles. The fourth-order valence-electron chi connectivity index (χ4n) is 3.07. The molecule has 1 N–H and O–H groups in total. The number of aromatic nitrogens is 2. The molecule has 2 heterocycles. The van der Waals surface area contributed by atoms with Crippen LogP contribution in [-0.2, 0) is 6.18 Å². The van der Waals surface area contributed by atoms with Crippen molar-refractivity contribution in [3.05, 3.63) is 82.1 Å². The summed E-state index contributed by atoms with van der Waals surface area (Å²) in [5, 5.41) is 8.49. The minimum absolute atomic E-state index is 0.177. The predicted molar refractivity (Wildman–Crippen MR) is 119 cm³/mol. The third kappa shape index (κ3) is 4.55. The maximum absolute atomic E-state index is 13.7. The van der Waals surface area contributed by atoms with Crippen LogP contribution >= 0.6 is 35.0 Å². The highest BCUT2D eigenvalue weighted by molar-refractivity contribution is 7.99. The molecule has 0 atom stereocenters. The summed E-state index contributed by atoms with van der Waals surface area (Å²) in [5.74, 6) is -0.563. The third-order valence-electron chi connectivity index (χ3n) is 4.51. The van der Waals surface area contributed by atoms with Gasteiger partial charge < -0.3 is 0 Å². The average Bonchev–Trinajstić information content (AvgIpc) is 3.22. The van der Waals surface area contributed by atoms with Crippen molar-refractivity contribution >= 4 is 52.1 Å². The van der Waals surface area contributed by atoms with Gasteiger partial charge >= 0.3 is 6.18 Å². The number of thioether (sulfide) groups is 1. The van der Waals surface area contributed by atoms with E-state index in [1.54, 1.807) is 30.3 Å². The second kappa shape index (κ2) is 9.01. The molecule has 1 aromatic heterocycles. The van der Waals surface area contributed by atoms with Gasteiger partial charge in [0.05, 0.1) is 28.7 Å². The summed E-state index contributed by atoms with van der Waals surface area (Å²) in [5.41, 5.74) is 1.80. The number of alkyl halides is 3. The molecule has 0 bridgehead atoms. The van der Waals surface area contributed by atoms with E-state index >= 15 is 0 Å². The fraction of sp³-hybridized carbons (Fsp3) is 0.0952. The van der Waals surface area contributed by atoms with Crippen LogP contribution in [0, 0.1) is 0 Å². The van der Waals surface area contributed by atoms with Gasteiger partial charge in [0.1, 0.15) is 0 Å². The van der Waals surface area contributed by atoms with Gasteiger partial charge in [0, 0.05) is 26.8 Å². The lowest BCUT2D eigenvalue weighted by Gasteiger charge is -2.17. The minimum Gasteiger partial charge on any atom is -0.267 e. The number of nitrogens with one attached hydrogen (secondary N) is 1. The van der Waals surface area contributed by atoms with Gasteiger partial charge in [-0.1, -0.05) is 41.4 Å². The second-order valence-corrected chi connectivity index (χ2v) is 8.45. The Kier molecular flexibility index (Phi) is 6.32. The van der Waals surface area contributed by atoms with Gasteiger partial charge in [-0.25, -0.2) is 10.1 Å². The number of benzene rings is 2. The molecule has 0 radical (unpaired) electrons. The van der Waals surface area contributed by atoms with E-state index in [2.05, 4.69) is 15.6 Å². The van der Waals surface area contributed by atoms with Crippen molar-refractivity contribution in [1.29, 1.82) is 0 Å². The third-order valence-corrected chi connectivity index (χ3v) is 6.32. The largest absolute Gasteiger partial charge is 0.434 e. The zero-order valence-electron chi connectivity index (χ0n) is 16.0. The van der Waals surface area contributed by atoms with Crippen LogP contribution in [0.1, 0.15) is 21.6 Å². The van der Waals surface area contributed by atoms with Crippen molar-refractivity contribution in [2.45, 2.75) is 11.1 Å². The Bertz CT molecular complexity index is 1240. The Hall–Kier alpha value is -2.75. The minimum atomic E-state index is -4.81. The first-order valence-electron chi connectivity index (χ1n) is 9.11. The van der Waals surface area contributed by atoms with E-state index in [4.69, 9.17) is 23.2 Å². The monoisotopic (exact) mass is 496 g/mol. The Morgan fingerprint density at radius 3 is 2.66 bits per heavy atom. The molecule has 1 amide bonds. The van der Waals surface area contributed by atoms with Crippen LogP contribution in [0.4, 0.5) is 13.2 Å². The van der Waals surface area contributed by atoms with Gasteiger partial charge in [-0.15, -0.1) is 11.8 Å². The second-order valence-electron chi connectivity index (χ2n) is 6.62. The molecule has 0 fully saturated rings. The number of rotatable bonds is 4. The van der Waals surface area contributed by atoms with Crippen LogP contribution < -0.4 is 5.43 Å². The van der Waals surface area contributed by atoms with Gasteiger partial charge in [0.2, 0.25) is 0 Å². The highest BCUT2D eigenvalue weighted by Crippen LogP contribution is 2.40. The molecule has 0 spiro atoms. The summed E-state index contributed by atoms with van der Waals surface area (Å²) < 4.78 is 41.8. The first-order valence-corrected chi connectivity index (χ1v) is 10.9. The Balaban J connectivity index is 1.58. The number of hydrogen-bond donors (Lipinski definition) is 1. The normalized spacial score (nSPS) is 14.0. The standard InChI is InChI=1S/C21H13Cl2F3N4OS/c22-13-6-7-17-15(8-13)18(23)12(11-32-17)9-27-29-20(31)16-10-28-30(19(16)21(24,25)26)14-4-2-1-3-5-14/h1-10H,11H2,(H,29,31)/b27-9+. The number of carbonyl (C=O) groups is 1.